The molecule has 24 heavy (non-hydrogen) atoms. The number of hydrogen-bond acceptors (Lipinski definition) is 4. The van der Waals surface area contributed by atoms with Gasteiger partial charge < -0.3 is 14.6 Å². The Morgan fingerprint density at radius 2 is 2.25 bits per heavy atom. The summed E-state index contributed by atoms with van der Waals surface area (Å²) in [5, 5.41) is 7.16. The molecule has 1 fully saturated rings. The van der Waals surface area contributed by atoms with Crippen LogP contribution in [0.5, 0.6) is 0 Å². The van der Waals surface area contributed by atoms with E-state index in [1.54, 1.807) is 29.1 Å². The van der Waals surface area contributed by atoms with Gasteiger partial charge in [0, 0.05) is 32.4 Å². The SMILES string of the molecule is CN(Cc1cnn(C)c1)C(=O)NCC(c1ccco1)N1CCCC1. The molecule has 1 atom stereocenters. The molecule has 7 heteroatoms. The van der Waals surface area contributed by atoms with Crippen molar-refractivity contribution in [1.82, 2.24) is 24.9 Å². The Labute approximate surface area is 142 Å². The van der Waals surface area contributed by atoms with Crippen LogP contribution in [0, 0.1) is 0 Å². The molecule has 0 bridgehead atoms. The first kappa shape index (κ1) is 16.6. The number of aryl methyl sites for hydroxylation is 1. The van der Waals surface area contributed by atoms with Gasteiger partial charge in [-0.3, -0.25) is 9.58 Å². The molecular formula is C17H25N5O2. The summed E-state index contributed by atoms with van der Waals surface area (Å²) < 4.78 is 7.32. The highest BCUT2D eigenvalue weighted by Gasteiger charge is 2.26. The number of urea groups is 1. The zero-order valence-corrected chi connectivity index (χ0v) is 14.3. The van der Waals surface area contributed by atoms with Crippen LogP contribution in [0.1, 0.15) is 30.2 Å². The minimum absolute atomic E-state index is 0.0883. The van der Waals surface area contributed by atoms with Crippen molar-refractivity contribution in [3.63, 3.8) is 0 Å². The summed E-state index contributed by atoms with van der Waals surface area (Å²) in [7, 11) is 3.66. The number of carbonyl (C=O) groups is 1. The van der Waals surface area contributed by atoms with E-state index in [9.17, 15) is 4.79 Å². The van der Waals surface area contributed by atoms with E-state index in [2.05, 4.69) is 15.3 Å². The molecule has 2 aromatic rings. The second-order valence-electron chi connectivity index (χ2n) is 6.34. The molecule has 1 aliphatic heterocycles. The number of aromatic nitrogens is 2. The largest absolute Gasteiger partial charge is 0.468 e. The average Bonchev–Trinajstić information content (AvgIpc) is 3.30. The van der Waals surface area contributed by atoms with Gasteiger partial charge in [-0.05, 0) is 38.1 Å². The maximum Gasteiger partial charge on any atom is 0.317 e. The van der Waals surface area contributed by atoms with Crippen molar-refractivity contribution in [3.8, 4) is 0 Å². The molecule has 3 heterocycles. The number of hydrogen-bond donors (Lipinski definition) is 1. The smallest absolute Gasteiger partial charge is 0.317 e. The molecule has 3 rings (SSSR count). The lowest BCUT2D eigenvalue weighted by molar-refractivity contribution is 0.187. The van der Waals surface area contributed by atoms with Gasteiger partial charge in [-0.2, -0.15) is 5.10 Å². The van der Waals surface area contributed by atoms with E-state index in [0.717, 1.165) is 24.4 Å². The summed E-state index contributed by atoms with van der Waals surface area (Å²) in [6, 6.07) is 3.89. The molecule has 2 amide bonds. The molecule has 0 aromatic carbocycles. The van der Waals surface area contributed by atoms with Crippen LogP contribution in [0.4, 0.5) is 4.79 Å². The third-order valence-electron chi connectivity index (χ3n) is 4.42. The molecule has 1 unspecified atom stereocenters. The molecule has 2 aromatic heterocycles. The summed E-state index contributed by atoms with van der Waals surface area (Å²) in [5.74, 6) is 0.909. The van der Waals surface area contributed by atoms with Crippen LogP contribution in [0.2, 0.25) is 0 Å². The Hall–Kier alpha value is -2.28. The fourth-order valence-corrected chi connectivity index (χ4v) is 3.16. The van der Waals surface area contributed by atoms with Crippen LogP contribution < -0.4 is 5.32 Å². The highest BCUT2D eigenvalue weighted by atomic mass is 16.3. The second kappa shape index (κ2) is 7.53. The lowest BCUT2D eigenvalue weighted by Gasteiger charge is -2.27. The van der Waals surface area contributed by atoms with Crippen molar-refractivity contribution in [2.24, 2.45) is 7.05 Å². The van der Waals surface area contributed by atoms with Crippen molar-refractivity contribution >= 4 is 6.03 Å². The van der Waals surface area contributed by atoms with Gasteiger partial charge in [0.2, 0.25) is 0 Å². The van der Waals surface area contributed by atoms with Crippen LogP contribution in [0.3, 0.4) is 0 Å². The minimum Gasteiger partial charge on any atom is -0.468 e. The standard InChI is InChI=1S/C17H25N5O2/c1-20(12-14-10-19-21(2)13-14)17(23)18-11-15(16-6-5-9-24-16)22-7-3-4-8-22/h5-6,9-10,13,15H,3-4,7-8,11-12H2,1-2H3,(H,18,23). The van der Waals surface area contributed by atoms with Crippen molar-refractivity contribution in [1.29, 1.82) is 0 Å². The number of likely N-dealkylation sites (tertiary alicyclic amines) is 1. The Balaban J connectivity index is 1.56. The fraction of sp³-hybridized carbons (Fsp3) is 0.529. The molecule has 7 nitrogen and oxygen atoms in total. The van der Waals surface area contributed by atoms with E-state index in [1.165, 1.54) is 12.8 Å². The van der Waals surface area contributed by atoms with Gasteiger partial charge >= 0.3 is 6.03 Å². The molecule has 1 aliphatic rings. The van der Waals surface area contributed by atoms with E-state index in [-0.39, 0.29) is 12.1 Å². The van der Waals surface area contributed by atoms with Crippen molar-refractivity contribution < 1.29 is 9.21 Å². The van der Waals surface area contributed by atoms with E-state index in [1.807, 2.05) is 25.4 Å². The van der Waals surface area contributed by atoms with Crippen LogP contribution in [-0.2, 0) is 13.6 Å². The van der Waals surface area contributed by atoms with E-state index in [4.69, 9.17) is 4.42 Å². The zero-order chi connectivity index (χ0) is 16.9. The molecule has 0 aliphatic carbocycles. The second-order valence-corrected chi connectivity index (χ2v) is 6.34. The molecule has 0 saturated carbocycles. The lowest BCUT2D eigenvalue weighted by atomic mass is 10.2. The topological polar surface area (TPSA) is 66.5 Å². The van der Waals surface area contributed by atoms with Crippen LogP contribution in [-0.4, -0.2) is 52.3 Å². The van der Waals surface area contributed by atoms with Crippen LogP contribution in [0.25, 0.3) is 0 Å². The van der Waals surface area contributed by atoms with E-state index >= 15 is 0 Å². The van der Waals surface area contributed by atoms with Gasteiger partial charge in [-0.25, -0.2) is 4.79 Å². The summed E-state index contributed by atoms with van der Waals surface area (Å²) in [6.07, 6.45) is 7.78. The number of nitrogens with zero attached hydrogens (tertiary/aromatic N) is 4. The third-order valence-corrected chi connectivity index (χ3v) is 4.42. The van der Waals surface area contributed by atoms with Gasteiger partial charge in [0.05, 0.1) is 25.0 Å². The van der Waals surface area contributed by atoms with E-state index in [0.29, 0.717) is 13.1 Å². The van der Waals surface area contributed by atoms with Crippen molar-refractivity contribution in [2.45, 2.75) is 25.4 Å². The molecule has 1 saturated heterocycles. The normalized spacial score (nSPS) is 16.2. The van der Waals surface area contributed by atoms with Gasteiger partial charge in [-0.1, -0.05) is 0 Å². The Bertz CT molecular complexity index is 646. The van der Waals surface area contributed by atoms with E-state index < -0.39 is 0 Å². The summed E-state index contributed by atoms with van der Waals surface area (Å²) in [5.41, 5.74) is 1.01. The molecule has 0 radical (unpaired) electrons. The lowest BCUT2D eigenvalue weighted by Crippen LogP contribution is -2.42. The molecule has 0 spiro atoms. The number of rotatable bonds is 6. The number of nitrogens with one attached hydrogen (secondary N) is 1. The Morgan fingerprint density at radius 1 is 1.46 bits per heavy atom. The first-order valence-electron chi connectivity index (χ1n) is 8.37. The van der Waals surface area contributed by atoms with Gasteiger partial charge in [-0.15, -0.1) is 0 Å². The maximum atomic E-state index is 12.4. The number of furan rings is 1. The van der Waals surface area contributed by atoms with Crippen molar-refractivity contribution in [2.75, 3.05) is 26.7 Å². The molecular weight excluding hydrogens is 306 g/mol. The highest BCUT2D eigenvalue weighted by Crippen LogP contribution is 2.24. The summed E-state index contributed by atoms with van der Waals surface area (Å²) in [6.45, 7) is 3.18. The van der Waals surface area contributed by atoms with Gasteiger partial charge in [0.15, 0.2) is 0 Å². The predicted molar refractivity (Wildman–Crippen MR) is 90.3 cm³/mol. The quantitative estimate of drug-likeness (QED) is 0.879. The molecule has 1 N–H and O–H groups in total. The van der Waals surface area contributed by atoms with Crippen LogP contribution in [0.15, 0.2) is 35.2 Å². The highest BCUT2D eigenvalue weighted by molar-refractivity contribution is 5.73. The monoisotopic (exact) mass is 331 g/mol. The van der Waals surface area contributed by atoms with Gasteiger partial charge in [0.25, 0.3) is 0 Å². The average molecular weight is 331 g/mol. The van der Waals surface area contributed by atoms with Crippen molar-refractivity contribution in [3.05, 3.63) is 42.1 Å². The summed E-state index contributed by atoms with van der Waals surface area (Å²) in [4.78, 5) is 16.4. The first-order chi connectivity index (χ1) is 11.6. The Kier molecular flexibility index (Phi) is 5.20. The third kappa shape index (κ3) is 3.97. The predicted octanol–water partition coefficient (Wildman–Crippen LogP) is 1.99. The molecule has 130 valence electrons. The summed E-state index contributed by atoms with van der Waals surface area (Å²) >= 11 is 0. The number of carbonyl (C=O) groups excluding carboxylic acids is 1. The minimum atomic E-state index is -0.0883. The fourth-order valence-electron chi connectivity index (χ4n) is 3.16. The Morgan fingerprint density at radius 3 is 2.88 bits per heavy atom. The number of amides is 2. The maximum absolute atomic E-state index is 12.4. The zero-order valence-electron chi connectivity index (χ0n) is 14.3. The first-order valence-corrected chi connectivity index (χ1v) is 8.37. The van der Waals surface area contributed by atoms with Gasteiger partial charge in [0.1, 0.15) is 5.76 Å². The van der Waals surface area contributed by atoms with Crippen LogP contribution >= 0.6 is 0 Å².